The van der Waals surface area contributed by atoms with Gasteiger partial charge in [-0.05, 0) is 53.9 Å². The Bertz CT molecular complexity index is 889. The van der Waals surface area contributed by atoms with Crippen molar-refractivity contribution in [1.29, 1.82) is 0 Å². The quantitative estimate of drug-likeness (QED) is 0.300. The molecule has 0 fully saturated rings. The largest absolute Gasteiger partial charge is 0.459 e. The van der Waals surface area contributed by atoms with Crippen LogP contribution in [0.2, 0.25) is 0 Å². The molecule has 3 atom stereocenters. The summed E-state index contributed by atoms with van der Waals surface area (Å²) in [5.74, 6) is -0.253. The number of allylic oxidation sites excluding steroid dienone is 1. The maximum absolute atomic E-state index is 13.0. The number of anilines is 2. The van der Waals surface area contributed by atoms with E-state index in [-0.39, 0.29) is 30.1 Å². The fraction of sp³-hybridized carbons (Fsp3) is 0.458. The van der Waals surface area contributed by atoms with Gasteiger partial charge in [-0.15, -0.1) is 0 Å². The third-order valence-electron chi connectivity index (χ3n) is 5.28. The van der Waals surface area contributed by atoms with Gasteiger partial charge in [-0.3, -0.25) is 4.79 Å². The molecule has 9 heteroatoms. The number of nitrogen functional groups attached to an aromatic ring is 1. The van der Waals surface area contributed by atoms with Crippen molar-refractivity contribution >= 4 is 28.6 Å². The lowest BCUT2D eigenvalue weighted by Crippen LogP contribution is -2.38. The normalized spacial score (nSPS) is 20.2. The summed E-state index contributed by atoms with van der Waals surface area (Å²) < 4.78 is 22.9. The van der Waals surface area contributed by atoms with Crippen molar-refractivity contribution in [3.63, 3.8) is 0 Å². The average Bonchev–Trinajstić information content (AvgIpc) is 3.35. The monoisotopic (exact) mass is 476 g/mol. The van der Waals surface area contributed by atoms with E-state index in [0.29, 0.717) is 50.8 Å². The molecule has 2 heterocycles. The number of hydrogen-bond donors (Lipinski definition) is 3. The van der Waals surface area contributed by atoms with Crippen LogP contribution < -0.4 is 11.1 Å². The van der Waals surface area contributed by atoms with Crippen LogP contribution in [0.25, 0.3) is 0 Å². The highest BCUT2D eigenvalue weighted by Crippen LogP contribution is 2.39. The fourth-order valence-corrected chi connectivity index (χ4v) is 4.39. The number of benzene rings is 1. The highest BCUT2D eigenvalue weighted by Gasteiger charge is 2.38. The Morgan fingerprint density at radius 2 is 1.97 bits per heavy atom. The van der Waals surface area contributed by atoms with Crippen LogP contribution in [0, 0.1) is 5.92 Å². The number of nitrogens with one attached hydrogen (secondary N) is 1. The molecule has 33 heavy (non-hydrogen) atoms. The minimum Gasteiger partial charge on any atom is -0.459 e. The average molecular weight is 477 g/mol. The predicted octanol–water partition coefficient (Wildman–Crippen LogP) is 3.36. The number of rotatable bonds is 13. The van der Waals surface area contributed by atoms with Crippen LogP contribution in [0.5, 0.6) is 0 Å². The van der Waals surface area contributed by atoms with Gasteiger partial charge in [0.05, 0.1) is 37.8 Å². The number of hydrogen-bond acceptors (Lipinski definition) is 8. The summed E-state index contributed by atoms with van der Waals surface area (Å²) in [6.45, 7) is 4.02. The Hall–Kier alpha value is -2.43. The predicted molar refractivity (Wildman–Crippen MR) is 128 cm³/mol. The Labute approximate surface area is 198 Å². The fourth-order valence-electron chi connectivity index (χ4n) is 3.68. The second kappa shape index (κ2) is 13.3. The molecule has 1 aromatic heterocycles. The molecule has 1 aliphatic heterocycles. The van der Waals surface area contributed by atoms with E-state index in [9.17, 15) is 4.79 Å². The van der Waals surface area contributed by atoms with Gasteiger partial charge in [0, 0.05) is 25.0 Å². The van der Waals surface area contributed by atoms with Crippen molar-refractivity contribution in [3.8, 4) is 0 Å². The molecule has 180 valence electrons. The summed E-state index contributed by atoms with van der Waals surface area (Å²) in [6.07, 6.45) is 1.96. The molecular formula is C24H32N2O6S. The van der Waals surface area contributed by atoms with Gasteiger partial charge in [0.25, 0.3) is 5.91 Å². The number of carbonyl (C=O) groups excluding carboxylic acids is 1. The summed E-state index contributed by atoms with van der Waals surface area (Å²) in [6, 6.07) is 9.15. The lowest BCUT2D eigenvalue weighted by molar-refractivity contribution is -0.166. The van der Waals surface area contributed by atoms with E-state index in [1.807, 2.05) is 30.5 Å². The van der Waals surface area contributed by atoms with Gasteiger partial charge < -0.3 is 35.1 Å². The Kier molecular flexibility index (Phi) is 10.2. The summed E-state index contributed by atoms with van der Waals surface area (Å²) in [5, 5.41) is 15.7. The summed E-state index contributed by atoms with van der Waals surface area (Å²) >= 11 is 1.61. The van der Waals surface area contributed by atoms with Crippen LogP contribution in [-0.2, 0) is 23.7 Å². The molecule has 1 amide bonds. The van der Waals surface area contributed by atoms with Crippen LogP contribution in [0.15, 0.2) is 52.9 Å². The molecule has 4 N–H and O–H groups in total. The van der Waals surface area contributed by atoms with E-state index in [4.69, 9.17) is 29.8 Å². The van der Waals surface area contributed by atoms with Gasteiger partial charge in [-0.1, -0.05) is 12.1 Å². The lowest BCUT2D eigenvalue weighted by atomic mass is 9.82. The molecule has 1 aromatic carbocycles. The Balaban J connectivity index is 1.73. The molecule has 0 radical (unpaired) electrons. The first-order valence-electron chi connectivity index (χ1n) is 11.1. The Morgan fingerprint density at radius 1 is 1.18 bits per heavy atom. The maximum Gasteiger partial charge on any atom is 0.290 e. The third-order valence-corrected chi connectivity index (χ3v) is 5.98. The van der Waals surface area contributed by atoms with Gasteiger partial charge in [0.15, 0.2) is 5.76 Å². The zero-order valence-electron chi connectivity index (χ0n) is 18.8. The topological polar surface area (TPSA) is 112 Å². The number of para-hydroxylation sites is 2. The van der Waals surface area contributed by atoms with E-state index in [2.05, 4.69) is 16.8 Å². The number of carbonyl (C=O) groups is 1. The van der Waals surface area contributed by atoms with Gasteiger partial charge in [-0.2, -0.15) is 11.3 Å². The number of nitrogens with two attached hydrogens (primary N) is 1. The number of aliphatic hydroxyl groups excluding tert-OH is 1. The molecule has 0 spiro atoms. The molecule has 0 saturated carbocycles. The smallest absolute Gasteiger partial charge is 0.290 e. The van der Waals surface area contributed by atoms with Crippen LogP contribution in [0.1, 0.15) is 24.8 Å². The second-order valence-electron chi connectivity index (χ2n) is 7.50. The van der Waals surface area contributed by atoms with E-state index in [1.165, 1.54) is 0 Å². The van der Waals surface area contributed by atoms with Crippen molar-refractivity contribution in [1.82, 2.24) is 0 Å². The molecule has 0 bridgehead atoms. The zero-order valence-corrected chi connectivity index (χ0v) is 19.6. The molecule has 0 saturated heterocycles. The Morgan fingerprint density at radius 3 is 2.67 bits per heavy atom. The first-order valence-corrected chi connectivity index (χ1v) is 12.0. The maximum atomic E-state index is 13.0. The summed E-state index contributed by atoms with van der Waals surface area (Å²) in [5.41, 5.74) is 8.09. The van der Waals surface area contributed by atoms with Gasteiger partial charge >= 0.3 is 0 Å². The zero-order chi connectivity index (χ0) is 23.5. The molecule has 0 unspecified atom stereocenters. The minimum atomic E-state index is -0.590. The second-order valence-corrected chi connectivity index (χ2v) is 8.28. The number of ether oxygens (including phenoxy) is 4. The molecule has 0 aliphatic carbocycles. The minimum absolute atomic E-state index is 0.00309. The molecular weight excluding hydrogens is 444 g/mol. The van der Waals surface area contributed by atoms with Crippen LogP contribution in [-0.4, -0.2) is 56.9 Å². The van der Waals surface area contributed by atoms with E-state index >= 15 is 0 Å². The van der Waals surface area contributed by atoms with Crippen molar-refractivity contribution in [2.24, 2.45) is 5.92 Å². The lowest BCUT2D eigenvalue weighted by Gasteiger charge is -2.36. The third kappa shape index (κ3) is 7.28. The first kappa shape index (κ1) is 25.2. The number of aliphatic hydroxyl groups is 1. The van der Waals surface area contributed by atoms with Gasteiger partial charge in [0.2, 0.25) is 6.29 Å². The van der Waals surface area contributed by atoms with E-state index < -0.39 is 6.29 Å². The molecule has 8 nitrogen and oxygen atoms in total. The van der Waals surface area contributed by atoms with Crippen molar-refractivity contribution in [3.05, 3.63) is 58.5 Å². The van der Waals surface area contributed by atoms with Gasteiger partial charge in [-0.25, -0.2) is 0 Å². The van der Waals surface area contributed by atoms with Crippen molar-refractivity contribution in [2.45, 2.75) is 25.6 Å². The highest BCUT2D eigenvalue weighted by atomic mass is 32.1. The van der Waals surface area contributed by atoms with Crippen molar-refractivity contribution < 1.29 is 28.8 Å². The first-order chi connectivity index (χ1) is 16.1. The molecule has 2 aromatic rings. The van der Waals surface area contributed by atoms with Crippen LogP contribution >= 0.6 is 11.3 Å². The van der Waals surface area contributed by atoms with Gasteiger partial charge in [0.1, 0.15) is 0 Å². The van der Waals surface area contributed by atoms with Crippen molar-refractivity contribution in [2.75, 3.05) is 50.7 Å². The molecule has 1 aliphatic rings. The number of amides is 1. The SMILES string of the molecule is CCO[C@@H]1OC(C(=O)Nc2ccccc2N)=C[C@H](c2ccsc2)[C@H]1CCOCCOCCO. The highest BCUT2D eigenvalue weighted by molar-refractivity contribution is 7.08. The van der Waals surface area contributed by atoms with Crippen LogP contribution in [0.4, 0.5) is 11.4 Å². The standard InChI is InChI=1S/C24H32N2O6S/c1-2-31-24-18(7-10-29-12-13-30-11-9-27)19(17-8-14-33-16-17)15-22(32-24)23(28)26-21-6-4-3-5-20(21)25/h3-6,8,14-16,18-19,24,27H,2,7,9-13,25H2,1H3,(H,26,28)/t18-,19-,24-/m1/s1. The summed E-state index contributed by atoms with van der Waals surface area (Å²) in [7, 11) is 0. The van der Waals surface area contributed by atoms with E-state index in [0.717, 1.165) is 5.56 Å². The molecule has 3 rings (SSSR count). The summed E-state index contributed by atoms with van der Waals surface area (Å²) in [4.78, 5) is 13.0. The number of thiophene rings is 1. The van der Waals surface area contributed by atoms with Crippen LogP contribution in [0.3, 0.4) is 0 Å². The van der Waals surface area contributed by atoms with E-state index in [1.54, 1.807) is 23.5 Å².